The van der Waals surface area contributed by atoms with Crippen LogP contribution in [0.5, 0.6) is 0 Å². The number of urea groups is 1. The molecule has 0 radical (unpaired) electrons. The van der Waals surface area contributed by atoms with Gasteiger partial charge >= 0.3 is 6.03 Å². The van der Waals surface area contributed by atoms with Crippen LogP contribution in [0.15, 0.2) is 0 Å². The van der Waals surface area contributed by atoms with Crippen molar-refractivity contribution in [2.45, 2.75) is 52.2 Å². The van der Waals surface area contributed by atoms with E-state index in [0.29, 0.717) is 0 Å². The summed E-state index contributed by atoms with van der Waals surface area (Å²) >= 11 is 0. The molecule has 0 aromatic heterocycles. The van der Waals surface area contributed by atoms with Crippen LogP contribution in [-0.2, 0) is 14.3 Å². The number of nitrogens with one attached hydrogen (secondary N) is 1. The molecular formula is C14H25N3O4. The molecule has 21 heavy (non-hydrogen) atoms. The molecule has 7 heteroatoms. The molecule has 0 bridgehead atoms. The SMILES string of the molecule is COCC1(C)NC(=O)N(CC(=O)N(C(C)C)C(C)C)C1=O. The molecule has 1 rings (SSSR count). The molecule has 7 nitrogen and oxygen atoms in total. The van der Waals surface area contributed by atoms with E-state index >= 15 is 0 Å². The molecule has 1 heterocycles. The van der Waals surface area contributed by atoms with Crippen LogP contribution >= 0.6 is 0 Å². The van der Waals surface area contributed by atoms with E-state index < -0.39 is 17.5 Å². The van der Waals surface area contributed by atoms with E-state index in [9.17, 15) is 14.4 Å². The quantitative estimate of drug-likeness (QED) is 0.728. The second-order valence-electron chi connectivity index (χ2n) is 6.08. The summed E-state index contributed by atoms with van der Waals surface area (Å²) in [6, 6.07) is -0.549. The maximum Gasteiger partial charge on any atom is 0.325 e. The van der Waals surface area contributed by atoms with Gasteiger partial charge in [0.2, 0.25) is 5.91 Å². The predicted molar refractivity (Wildman–Crippen MR) is 77.6 cm³/mol. The minimum atomic E-state index is -1.10. The lowest BCUT2D eigenvalue weighted by Gasteiger charge is -2.32. The maximum absolute atomic E-state index is 12.4. The van der Waals surface area contributed by atoms with Crippen LogP contribution in [0, 0.1) is 0 Å². The zero-order valence-electron chi connectivity index (χ0n) is 13.6. The number of nitrogens with zero attached hydrogens (tertiary/aromatic N) is 2. The number of ether oxygens (including phenoxy) is 1. The third kappa shape index (κ3) is 3.53. The molecule has 4 amide bonds. The molecule has 0 spiro atoms. The Hall–Kier alpha value is -1.63. The van der Waals surface area contributed by atoms with Crippen molar-refractivity contribution in [2.75, 3.05) is 20.3 Å². The molecule has 0 aromatic rings. The highest BCUT2D eigenvalue weighted by atomic mass is 16.5. The molecule has 0 aliphatic carbocycles. The van der Waals surface area contributed by atoms with Gasteiger partial charge < -0.3 is 15.0 Å². The first kappa shape index (κ1) is 17.4. The summed E-state index contributed by atoms with van der Waals surface area (Å²) in [6.07, 6.45) is 0. The van der Waals surface area contributed by atoms with Crippen molar-refractivity contribution >= 4 is 17.8 Å². The highest BCUT2D eigenvalue weighted by molar-refractivity contribution is 6.08. The van der Waals surface area contributed by atoms with E-state index in [4.69, 9.17) is 4.74 Å². The molecule has 0 saturated carbocycles. The second-order valence-corrected chi connectivity index (χ2v) is 6.08. The largest absolute Gasteiger partial charge is 0.382 e. The van der Waals surface area contributed by atoms with Crippen molar-refractivity contribution in [1.82, 2.24) is 15.1 Å². The first-order valence-electron chi connectivity index (χ1n) is 7.08. The van der Waals surface area contributed by atoms with E-state index in [-0.39, 0.29) is 31.1 Å². The fraction of sp³-hybridized carbons (Fsp3) is 0.786. The van der Waals surface area contributed by atoms with Gasteiger partial charge in [-0.2, -0.15) is 0 Å². The van der Waals surface area contributed by atoms with Gasteiger partial charge in [0.25, 0.3) is 5.91 Å². The Balaban J connectivity index is 2.86. The molecule has 1 unspecified atom stereocenters. The number of imide groups is 1. The monoisotopic (exact) mass is 299 g/mol. The molecule has 1 fully saturated rings. The lowest BCUT2D eigenvalue weighted by Crippen LogP contribution is -2.50. The second kappa shape index (κ2) is 6.43. The zero-order valence-corrected chi connectivity index (χ0v) is 13.6. The number of hydrogen-bond donors (Lipinski definition) is 1. The van der Waals surface area contributed by atoms with Crippen molar-refractivity contribution in [3.05, 3.63) is 0 Å². The number of carbonyl (C=O) groups excluding carboxylic acids is 3. The van der Waals surface area contributed by atoms with Gasteiger partial charge in [0.1, 0.15) is 12.1 Å². The van der Waals surface area contributed by atoms with Crippen molar-refractivity contribution < 1.29 is 19.1 Å². The van der Waals surface area contributed by atoms with Gasteiger partial charge in [-0.15, -0.1) is 0 Å². The summed E-state index contributed by atoms with van der Waals surface area (Å²) in [4.78, 5) is 39.2. The molecule has 0 aromatic carbocycles. The fourth-order valence-electron chi connectivity index (χ4n) is 2.67. The average Bonchev–Trinajstić information content (AvgIpc) is 2.52. The normalized spacial score (nSPS) is 22.2. The van der Waals surface area contributed by atoms with E-state index in [1.165, 1.54) is 7.11 Å². The molecule has 1 atom stereocenters. The lowest BCUT2D eigenvalue weighted by molar-refractivity contribution is -0.141. The summed E-state index contributed by atoms with van der Waals surface area (Å²) in [7, 11) is 1.46. The molecule has 1 N–H and O–H groups in total. The molecule has 1 aliphatic rings. The van der Waals surface area contributed by atoms with E-state index in [1.54, 1.807) is 11.8 Å². The highest BCUT2D eigenvalue weighted by Gasteiger charge is 2.48. The van der Waals surface area contributed by atoms with Crippen LogP contribution in [0.3, 0.4) is 0 Å². The highest BCUT2D eigenvalue weighted by Crippen LogP contribution is 2.18. The van der Waals surface area contributed by atoms with Gasteiger partial charge in [-0.25, -0.2) is 4.79 Å². The van der Waals surface area contributed by atoms with Gasteiger partial charge in [-0.05, 0) is 34.6 Å². The predicted octanol–water partition coefficient (Wildman–Crippen LogP) is 0.589. The van der Waals surface area contributed by atoms with E-state index in [0.717, 1.165) is 4.90 Å². The Kier molecular flexibility index (Phi) is 5.33. The van der Waals surface area contributed by atoms with Crippen LogP contribution in [0.2, 0.25) is 0 Å². The van der Waals surface area contributed by atoms with Crippen LogP contribution in [0.4, 0.5) is 4.79 Å². The molecule has 1 saturated heterocycles. The van der Waals surface area contributed by atoms with Crippen molar-refractivity contribution in [3.8, 4) is 0 Å². The average molecular weight is 299 g/mol. The molecule has 120 valence electrons. The summed E-state index contributed by atoms with van der Waals surface area (Å²) in [5, 5.41) is 2.58. The Morgan fingerprint density at radius 3 is 2.24 bits per heavy atom. The number of methoxy groups -OCH3 is 1. The summed E-state index contributed by atoms with van der Waals surface area (Å²) < 4.78 is 4.97. The smallest absolute Gasteiger partial charge is 0.325 e. The molecular weight excluding hydrogens is 274 g/mol. The Labute approximate surface area is 125 Å². The third-order valence-corrected chi connectivity index (χ3v) is 3.47. The Morgan fingerprint density at radius 2 is 1.81 bits per heavy atom. The fourth-order valence-corrected chi connectivity index (χ4v) is 2.67. The third-order valence-electron chi connectivity index (χ3n) is 3.47. The lowest BCUT2D eigenvalue weighted by atomic mass is 10.0. The van der Waals surface area contributed by atoms with Crippen molar-refractivity contribution in [1.29, 1.82) is 0 Å². The van der Waals surface area contributed by atoms with Gasteiger partial charge in [0.05, 0.1) is 6.61 Å². The number of rotatable bonds is 6. The zero-order chi connectivity index (χ0) is 16.4. The first-order valence-corrected chi connectivity index (χ1v) is 7.08. The number of amides is 4. The summed E-state index contributed by atoms with van der Waals surface area (Å²) in [5.74, 6) is -0.680. The van der Waals surface area contributed by atoms with E-state index in [1.807, 2.05) is 27.7 Å². The van der Waals surface area contributed by atoms with Crippen LogP contribution in [0.25, 0.3) is 0 Å². The van der Waals surface area contributed by atoms with Gasteiger partial charge in [-0.1, -0.05) is 0 Å². The van der Waals surface area contributed by atoms with Crippen molar-refractivity contribution in [3.63, 3.8) is 0 Å². The van der Waals surface area contributed by atoms with Crippen LogP contribution in [0.1, 0.15) is 34.6 Å². The van der Waals surface area contributed by atoms with Crippen molar-refractivity contribution in [2.24, 2.45) is 0 Å². The van der Waals surface area contributed by atoms with E-state index in [2.05, 4.69) is 5.32 Å². The molecule has 1 aliphatic heterocycles. The topological polar surface area (TPSA) is 79.0 Å². The first-order chi connectivity index (χ1) is 9.64. The van der Waals surface area contributed by atoms with Crippen LogP contribution < -0.4 is 5.32 Å². The summed E-state index contributed by atoms with van der Waals surface area (Å²) in [6.45, 7) is 9.01. The maximum atomic E-state index is 12.4. The Morgan fingerprint density at radius 1 is 1.29 bits per heavy atom. The van der Waals surface area contributed by atoms with Gasteiger partial charge in [-0.3, -0.25) is 14.5 Å². The summed E-state index contributed by atoms with van der Waals surface area (Å²) in [5.41, 5.74) is -1.10. The standard InChI is InChI=1S/C14H25N3O4/c1-9(2)17(10(3)4)11(18)7-16-12(19)14(5,8-21-6)15-13(16)20/h9-10H,7-8H2,1-6H3,(H,15,20). The van der Waals surface area contributed by atoms with Crippen LogP contribution in [-0.4, -0.2) is 65.5 Å². The Bertz CT molecular complexity index is 428. The minimum Gasteiger partial charge on any atom is -0.382 e. The number of hydrogen-bond acceptors (Lipinski definition) is 4. The minimum absolute atomic E-state index is 0.00336. The number of carbonyl (C=O) groups is 3. The van der Waals surface area contributed by atoms with Gasteiger partial charge in [0.15, 0.2) is 0 Å². The van der Waals surface area contributed by atoms with Gasteiger partial charge in [0, 0.05) is 19.2 Å².